The van der Waals surface area contributed by atoms with Crippen LogP contribution < -0.4 is 0 Å². The fourth-order valence-corrected chi connectivity index (χ4v) is 3.33. The summed E-state index contributed by atoms with van der Waals surface area (Å²) in [4.78, 5) is 0. The lowest BCUT2D eigenvalue weighted by Crippen LogP contribution is -2.41. The second kappa shape index (κ2) is 14.9. The van der Waals surface area contributed by atoms with E-state index < -0.39 is 8.32 Å². The molecule has 0 aromatic rings. The van der Waals surface area contributed by atoms with Crippen LogP contribution in [0.2, 0.25) is 18.1 Å². The van der Waals surface area contributed by atoms with Crippen LogP contribution in [0.3, 0.4) is 0 Å². The first-order valence-corrected chi connectivity index (χ1v) is 13.7. The van der Waals surface area contributed by atoms with Crippen LogP contribution in [0.25, 0.3) is 0 Å². The number of alkyl halides is 1. The van der Waals surface area contributed by atoms with E-state index in [4.69, 9.17) is 18.6 Å². The predicted octanol–water partition coefficient (Wildman–Crippen LogP) is 5.05. The van der Waals surface area contributed by atoms with E-state index in [-0.39, 0.29) is 5.04 Å². The molecule has 0 aliphatic heterocycles. The number of unbranched alkanes of at least 4 members (excludes halogenated alkanes) is 3. The first kappa shape index (κ1) is 24.8. The molecule has 0 fully saturated rings. The Morgan fingerprint density at radius 1 is 0.667 bits per heavy atom. The Kier molecular flexibility index (Phi) is 15.4. The van der Waals surface area contributed by atoms with E-state index in [1.54, 1.807) is 0 Å². The summed E-state index contributed by atoms with van der Waals surface area (Å²) in [5.41, 5.74) is 0. The molecule has 0 saturated heterocycles. The number of ether oxygens (including phenoxy) is 3. The quantitative estimate of drug-likeness (QED) is 0.136. The van der Waals surface area contributed by atoms with Gasteiger partial charge in [-0.25, -0.2) is 0 Å². The third-order valence-electron chi connectivity index (χ3n) is 4.41. The van der Waals surface area contributed by atoms with E-state index in [0.29, 0.717) is 39.6 Å². The lowest BCUT2D eigenvalue weighted by atomic mass is 10.2. The van der Waals surface area contributed by atoms with Crippen LogP contribution >= 0.6 is 22.6 Å². The maximum absolute atomic E-state index is 6.05. The number of halogens is 1. The van der Waals surface area contributed by atoms with Gasteiger partial charge in [-0.3, -0.25) is 0 Å². The van der Waals surface area contributed by atoms with Crippen LogP contribution in [0, 0.1) is 0 Å². The van der Waals surface area contributed by atoms with Gasteiger partial charge in [0, 0.05) is 6.61 Å². The Morgan fingerprint density at radius 3 is 1.62 bits per heavy atom. The van der Waals surface area contributed by atoms with E-state index in [0.717, 1.165) is 13.0 Å². The zero-order valence-corrected chi connectivity index (χ0v) is 19.7. The van der Waals surface area contributed by atoms with Crippen LogP contribution in [-0.2, 0) is 18.6 Å². The topological polar surface area (TPSA) is 36.9 Å². The lowest BCUT2D eigenvalue weighted by Gasteiger charge is -2.36. The lowest BCUT2D eigenvalue weighted by molar-refractivity contribution is 0.00801. The van der Waals surface area contributed by atoms with Gasteiger partial charge < -0.3 is 18.6 Å². The van der Waals surface area contributed by atoms with Crippen LogP contribution in [-0.4, -0.2) is 59.0 Å². The zero-order chi connectivity index (χ0) is 18.3. The van der Waals surface area contributed by atoms with Crippen molar-refractivity contribution in [2.24, 2.45) is 0 Å². The van der Waals surface area contributed by atoms with Crippen LogP contribution in [0.1, 0.15) is 46.5 Å². The van der Waals surface area contributed by atoms with Gasteiger partial charge >= 0.3 is 0 Å². The molecule has 6 heteroatoms. The summed E-state index contributed by atoms with van der Waals surface area (Å²) in [6.45, 7) is 16.0. The number of hydrogen-bond acceptors (Lipinski definition) is 4. The summed E-state index contributed by atoms with van der Waals surface area (Å²) in [6, 6.07) is 0. The summed E-state index contributed by atoms with van der Waals surface area (Å²) in [5, 5.41) is 0.256. The van der Waals surface area contributed by atoms with Crippen molar-refractivity contribution in [3.63, 3.8) is 0 Å². The first-order valence-electron chi connectivity index (χ1n) is 9.24. The molecule has 0 bridgehead atoms. The molecule has 0 rings (SSSR count). The average molecular weight is 474 g/mol. The molecule has 24 heavy (non-hydrogen) atoms. The standard InChI is InChI=1S/C18H39IO4Si/c1-18(2,3)24(4,5)23-17-16-22-15-14-21-13-12-20-11-9-7-6-8-10-19/h6-17H2,1-5H3. The van der Waals surface area contributed by atoms with E-state index in [1.165, 1.54) is 23.7 Å². The number of hydrogen-bond donors (Lipinski definition) is 0. The minimum absolute atomic E-state index is 0.256. The summed E-state index contributed by atoms with van der Waals surface area (Å²) in [6.07, 6.45) is 5.08. The maximum atomic E-state index is 6.05. The predicted molar refractivity (Wildman–Crippen MR) is 113 cm³/mol. The summed E-state index contributed by atoms with van der Waals surface area (Å²) >= 11 is 2.43. The van der Waals surface area contributed by atoms with Crippen molar-refractivity contribution in [3.8, 4) is 0 Å². The molecule has 0 aromatic carbocycles. The van der Waals surface area contributed by atoms with Crippen molar-refractivity contribution in [2.45, 2.75) is 64.6 Å². The molecule has 0 aliphatic rings. The Balaban J connectivity index is 3.24. The molecule has 4 nitrogen and oxygen atoms in total. The minimum atomic E-state index is -1.64. The summed E-state index contributed by atoms with van der Waals surface area (Å²) in [5.74, 6) is 0. The monoisotopic (exact) mass is 474 g/mol. The van der Waals surface area contributed by atoms with Gasteiger partial charge in [-0.1, -0.05) is 56.2 Å². The number of rotatable bonds is 16. The molecule has 0 unspecified atom stereocenters. The Labute approximate surface area is 164 Å². The SMILES string of the molecule is CC(C)(C)[Si](C)(C)OCCOCCOCCOCCCCCCI. The normalized spacial score (nSPS) is 12.8. The molecule has 0 aliphatic carbocycles. The highest BCUT2D eigenvalue weighted by Gasteiger charge is 2.36. The van der Waals surface area contributed by atoms with Gasteiger partial charge in [-0.2, -0.15) is 0 Å². The van der Waals surface area contributed by atoms with Crippen LogP contribution in [0.5, 0.6) is 0 Å². The Hall–Kier alpha value is 0.787. The van der Waals surface area contributed by atoms with E-state index in [9.17, 15) is 0 Å². The van der Waals surface area contributed by atoms with Gasteiger partial charge in [0.15, 0.2) is 8.32 Å². The fraction of sp³-hybridized carbons (Fsp3) is 1.00. The Bertz CT molecular complexity index is 283. The van der Waals surface area contributed by atoms with E-state index in [1.807, 2.05) is 0 Å². The first-order chi connectivity index (χ1) is 11.3. The van der Waals surface area contributed by atoms with Gasteiger partial charge in [0.1, 0.15) is 0 Å². The zero-order valence-electron chi connectivity index (χ0n) is 16.5. The van der Waals surface area contributed by atoms with Gasteiger partial charge in [0.25, 0.3) is 0 Å². The largest absolute Gasteiger partial charge is 0.414 e. The second-order valence-corrected chi connectivity index (χ2v) is 13.4. The maximum Gasteiger partial charge on any atom is 0.192 e. The van der Waals surface area contributed by atoms with Crippen molar-refractivity contribution in [2.75, 3.05) is 50.7 Å². The molecule has 0 spiro atoms. The molecule has 0 heterocycles. The van der Waals surface area contributed by atoms with Gasteiger partial charge in [0.2, 0.25) is 0 Å². The molecule has 0 amide bonds. The van der Waals surface area contributed by atoms with Crippen molar-refractivity contribution >= 4 is 30.9 Å². The third-order valence-corrected chi connectivity index (χ3v) is 9.71. The molecule has 0 aromatic heterocycles. The average Bonchev–Trinajstić information content (AvgIpc) is 2.50. The fourth-order valence-electron chi connectivity index (χ4n) is 1.77. The molecule has 0 radical (unpaired) electrons. The van der Waals surface area contributed by atoms with Crippen molar-refractivity contribution in [1.29, 1.82) is 0 Å². The molecule has 146 valence electrons. The van der Waals surface area contributed by atoms with Crippen LogP contribution in [0.4, 0.5) is 0 Å². The van der Waals surface area contributed by atoms with E-state index >= 15 is 0 Å². The second-order valence-electron chi connectivity index (χ2n) is 7.55. The van der Waals surface area contributed by atoms with Gasteiger partial charge in [0.05, 0.1) is 39.6 Å². The highest BCUT2D eigenvalue weighted by Crippen LogP contribution is 2.36. The molecule has 0 N–H and O–H groups in total. The van der Waals surface area contributed by atoms with Crippen molar-refractivity contribution in [1.82, 2.24) is 0 Å². The van der Waals surface area contributed by atoms with Crippen LogP contribution in [0.15, 0.2) is 0 Å². The van der Waals surface area contributed by atoms with E-state index in [2.05, 4.69) is 56.5 Å². The van der Waals surface area contributed by atoms with Crippen molar-refractivity contribution in [3.05, 3.63) is 0 Å². The molecular formula is C18H39IO4Si. The summed E-state index contributed by atoms with van der Waals surface area (Å²) in [7, 11) is -1.64. The highest BCUT2D eigenvalue weighted by molar-refractivity contribution is 14.1. The molecular weight excluding hydrogens is 435 g/mol. The van der Waals surface area contributed by atoms with Gasteiger partial charge in [-0.05, 0) is 35.4 Å². The van der Waals surface area contributed by atoms with Crippen molar-refractivity contribution < 1.29 is 18.6 Å². The Morgan fingerprint density at radius 2 is 1.12 bits per heavy atom. The van der Waals surface area contributed by atoms with Gasteiger partial charge in [-0.15, -0.1) is 0 Å². The minimum Gasteiger partial charge on any atom is -0.414 e. The summed E-state index contributed by atoms with van der Waals surface area (Å²) < 4.78 is 23.9. The molecule has 0 atom stereocenters. The highest BCUT2D eigenvalue weighted by atomic mass is 127. The molecule has 0 saturated carbocycles. The third kappa shape index (κ3) is 14.0. The smallest absolute Gasteiger partial charge is 0.192 e.